The summed E-state index contributed by atoms with van der Waals surface area (Å²) in [4.78, 5) is 19.4. The standard InChI is InChI=1S/C48H49B2N4O4/c1-3-5-7-9-29-57-35-23-19-33(20-24-35)49-52-39-15-11-13-31-17-27-37(45(51)41(31)39)43-47(55)44(48(43)56)38-28-18-32-14-12-16-40-42(32)46(38)54-50(53-40)34-21-25-36(26-22-34)58-30-10-8-6-4-2/h11-28,52-53,55H,3-10,29-30,51H2,1-2H3. The lowest BCUT2D eigenvalue weighted by molar-refractivity contribution is -0.109. The fourth-order valence-corrected chi connectivity index (χ4v) is 7.94. The normalized spacial score (nSPS) is 14.2. The summed E-state index contributed by atoms with van der Waals surface area (Å²) >= 11 is 0. The number of nitrogens with zero attached hydrogens (tertiary/aromatic N) is 1. The van der Waals surface area contributed by atoms with Crippen molar-refractivity contribution < 1.29 is 19.4 Å². The van der Waals surface area contributed by atoms with Crippen LogP contribution in [0.3, 0.4) is 0 Å². The molecule has 0 fully saturated rings. The topological polar surface area (TPSA) is 118 Å². The lowest BCUT2D eigenvalue weighted by atomic mass is 9.67. The lowest BCUT2D eigenvalue weighted by Crippen LogP contribution is -2.46. The average molecular weight is 768 g/mol. The van der Waals surface area contributed by atoms with E-state index in [1.54, 1.807) is 0 Å². The van der Waals surface area contributed by atoms with Crippen LogP contribution in [0, 0.1) is 0 Å². The van der Waals surface area contributed by atoms with Crippen molar-refractivity contribution in [1.29, 1.82) is 0 Å². The van der Waals surface area contributed by atoms with Crippen LogP contribution in [0.5, 0.6) is 11.5 Å². The number of hydrogen-bond donors (Lipinski definition) is 4. The zero-order valence-electron chi connectivity index (χ0n) is 33.3. The molecule has 0 atom stereocenters. The second-order valence-electron chi connectivity index (χ2n) is 15.1. The SMILES string of the molecule is CCCCCCOc1ccc([B]Nc2cccc3ccc(C4=C(O)C(=c5ccc6cccc7c6c5=NB(c5ccc(OCCCCCC)cc5)N7)C4=O)c(N)c23)cc1. The zero-order valence-corrected chi connectivity index (χ0v) is 33.3. The summed E-state index contributed by atoms with van der Waals surface area (Å²) in [5.74, 6) is 1.33. The molecule has 0 saturated carbocycles. The van der Waals surface area contributed by atoms with Crippen LogP contribution >= 0.6 is 0 Å². The van der Waals surface area contributed by atoms with E-state index < -0.39 is 6.98 Å². The third-order valence-electron chi connectivity index (χ3n) is 11.1. The molecule has 6 aromatic rings. The Morgan fingerprint density at radius 1 is 0.724 bits per heavy atom. The van der Waals surface area contributed by atoms with Crippen molar-refractivity contribution in [2.45, 2.75) is 65.2 Å². The Morgan fingerprint density at radius 2 is 1.36 bits per heavy atom. The van der Waals surface area contributed by atoms with Gasteiger partial charge in [0.05, 0.1) is 29.7 Å². The van der Waals surface area contributed by atoms with Gasteiger partial charge in [0.25, 0.3) is 7.41 Å². The highest BCUT2D eigenvalue weighted by Crippen LogP contribution is 2.42. The van der Waals surface area contributed by atoms with Gasteiger partial charge in [0.2, 0.25) is 5.78 Å². The average Bonchev–Trinajstić information content (AvgIpc) is 3.25. The number of Topliss-reactive ketones (excluding diaryl/α,β-unsaturated/α-hetero) is 1. The van der Waals surface area contributed by atoms with Crippen LogP contribution in [0.25, 0.3) is 32.7 Å². The maximum absolute atomic E-state index is 14.2. The van der Waals surface area contributed by atoms with Gasteiger partial charge in [0.15, 0.2) is 0 Å². The van der Waals surface area contributed by atoms with E-state index in [-0.39, 0.29) is 22.7 Å². The molecule has 8 nitrogen and oxygen atoms in total. The smallest absolute Gasteiger partial charge is 0.427 e. The van der Waals surface area contributed by atoms with Crippen LogP contribution in [0.1, 0.15) is 70.8 Å². The number of carbonyl (C=O) groups excluding carboxylic acids is 1. The molecule has 1 heterocycles. The summed E-state index contributed by atoms with van der Waals surface area (Å²) in [7, 11) is 1.92. The Hall–Kier alpha value is -6.15. The van der Waals surface area contributed by atoms with Crippen LogP contribution in [-0.2, 0) is 4.79 Å². The zero-order chi connectivity index (χ0) is 40.0. The van der Waals surface area contributed by atoms with E-state index in [2.05, 4.69) is 24.3 Å². The molecule has 8 rings (SSSR count). The van der Waals surface area contributed by atoms with Crippen LogP contribution < -0.4 is 47.2 Å². The van der Waals surface area contributed by atoms with Crippen molar-refractivity contribution in [2.75, 3.05) is 29.4 Å². The largest absolute Gasteiger partial charge is 0.506 e. The summed E-state index contributed by atoms with van der Waals surface area (Å²) in [6.45, 7) is 5.42. The van der Waals surface area contributed by atoms with E-state index >= 15 is 0 Å². The number of nitrogens with two attached hydrogens (primary N) is 1. The van der Waals surface area contributed by atoms with E-state index in [0.29, 0.717) is 28.4 Å². The second-order valence-corrected chi connectivity index (χ2v) is 15.1. The van der Waals surface area contributed by atoms with Gasteiger partial charge in [-0.15, -0.1) is 0 Å². The molecule has 58 heavy (non-hydrogen) atoms. The third-order valence-corrected chi connectivity index (χ3v) is 11.1. The summed E-state index contributed by atoms with van der Waals surface area (Å²) in [5, 5.41) is 23.6. The van der Waals surface area contributed by atoms with E-state index in [1.165, 1.54) is 38.5 Å². The number of rotatable bonds is 17. The molecule has 1 aliphatic heterocycles. The second kappa shape index (κ2) is 17.6. The molecule has 0 spiro atoms. The van der Waals surface area contributed by atoms with Crippen molar-refractivity contribution in [3.05, 3.63) is 131 Å². The van der Waals surface area contributed by atoms with E-state index in [9.17, 15) is 9.90 Å². The Labute approximate surface area is 341 Å². The van der Waals surface area contributed by atoms with E-state index in [4.69, 9.17) is 20.1 Å². The fraction of sp³-hybridized carbons (Fsp3) is 0.250. The van der Waals surface area contributed by atoms with Crippen molar-refractivity contribution in [2.24, 2.45) is 4.90 Å². The minimum absolute atomic E-state index is 0.0838. The summed E-state index contributed by atoms with van der Waals surface area (Å²) in [5.41, 5.74) is 11.9. The summed E-state index contributed by atoms with van der Waals surface area (Å²) in [6.07, 6.45) is 9.28. The first-order valence-electron chi connectivity index (χ1n) is 20.7. The predicted molar refractivity (Wildman–Crippen MR) is 241 cm³/mol. The van der Waals surface area contributed by atoms with Gasteiger partial charge >= 0.3 is 6.98 Å². The number of benzene rings is 6. The number of anilines is 3. The molecular formula is C48H49B2N4O4. The van der Waals surface area contributed by atoms with Gasteiger partial charge in [0, 0.05) is 38.6 Å². The highest BCUT2D eigenvalue weighted by atomic mass is 16.5. The van der Waals surface area contributed by atoms with Gasteiger partial charge in [-0.1, -0.05) is 131 Å². The van der Waals surface area contributed by atoms with Crippen LogP contribution in [0.15, 0.2) is 120 Å². The number of carbonyl (C=O) groups is 1. The first kappa shape index (κ1) is 38.7. The molecule has 0 bridgehead atoms. The van der Waals surface area contributed by atoms with E-state index in [0.717, 1.165) is 74.8 Å². The van der Waals surface area contributed by atoms with Gasteiger partial charge < -0.3 is 35.7 Å². The van der Waals surface area contributed by atoms with E-state index in [1.807, 2.05) is 117 Å². The van der Waals surface area contributed by atoms with Crippen LogP contribution in [-0.4, -0.2) is 38.5 Å². The molecule has 6 aromatic carbocycles. The molecule has 0 unspecified atom stereocenters. The van der Waals surface area contributed by atoms with Gasteiger partial charge in [-0.2, -0.15) is 0 Å². The highest BCUT2D eigenvalue weighted by Gasteiger charge is 2.37. The molecule has 0 amide bonds. The highest BCUT2D eigenvalue weighted by molar-refractivity contribution is 6.75. The Balaban J connectivity index is 1.08. The van der Waals surface area contributed by atoms with Crippen molar-refractivity contribution >= 4 is 80.9 Å². The Morgan fingerprint density at radius 3 is 2.03 bits per heavy atom. The van der Waals surface area contributed by atoms with Gasteiger partial charge in [-0.25, -0.2) is 0 Å². The number of allylic oxidation sites excluding steroid dienone is 2. The van der Waals surface area contributed by atoms with Crippen molar-refractivity contribution in [1.82, 2.24) is 0 Å². The Bertz CT molecular complexity index is 2630. The van der Waals surface area contributed by atoms with Crippen molar-refractivity contribution in [3.8, 4) is 11.5 Å². The van der Waals surface area contributed by atoms with Gasteiger partial charge in [-0.3, -0.25) is 4.79 Å². The molecule has 10 heteroatoms. The number of ether oxygens (including phenoxy) is 2. The molecule has 5 N–H and O–H groups in total. The molecule has 0 aromatic heterocycles. The lowest BCUT2D eigenvalue weighted by Gasteiger charge is -2.25. The third kappa shape index (κ3) is 7.88. The van der Waals surface area contributed by atoms with Gasteiger partial charge in [-0.05, 0) is 65.5 Å². The van der Waals surface area contributed by atoms with Crippen LogP contribution in [0.2, 0.25) is 0 Å². The summed E-state index contributed by atoms with van der Waals surface area (Å²) in [6, 6.07) is 35.6. The number of fused-ring (bicyclic) bond motifs is 1. The number of nitrogen functional groups attached to an aromatic ring is 1. The maximum Gasteiger partial charge on any atom is 0.427 e. The molecule has 1 aliphatic carbocycles. The quantitative estimate of drug-likeness (QED) is 0.0422. The molecule has 0 saturated heterocycles. The Kier molecular flexibility index (Phi) is 11.7. The summed E-state index contributed by atoms with van der Waals surface area (Å²) < 4.78 is 11.9. The number of aliphatic hydroxyl groups is 1. The molecular weight excluding hydrogens is 718 g/mol. The predicted octanol–water partition coefficient (Wildman–Crippen LogP) is 7.99. The fourth-order valence-electron chi connectivity index (χ4n) is 7.94. The first-order valence-corrected chi connectivity index (χ1v) is 20.7. The molecule has 291 valence electrons. The minimum atomic E-state index is -0.398. The number of ketones is 1. The number of aliphatic hydroxyl groups excluding tert-OH is 1. The van der Waals surface area contributed by atoms with Crippen LogP contribution in [0.4, 0.5) is 17.1 Å². The monoisotopic (exact) mass is 767 g/mol. The number of nitrogens with one attached hydrogen (secondary N) is 2. The van der Waals surface area contributed by atoms with Crippen molar-refractivity contribution in [3.63, 3.8) is 0 Å². The first-order chi connectivity index (χ1) is 28.4. The number of unbranched alkanes of at least 4 members (excludes halogenated alkanes) is 6. The maximum atomic E-state index is 14.2. The molecule has 1 radical (unpaired) electrons. The van der Waals surface area contributed by atoms with Gasteiger partial charge in [0.1, 0.15) is 17.3 Å². The molecule has 2 aliphatic rings. The number of hydrogen-bond acceptors (Lipinski definition) is 8. The minimum Gasteiger partial charge on any atom is -0.506 e.